The van der Waals surface area contributed by atoms with Crippen molar-refractivity contribution < 1.29 is 9.90 Å². The zero-order valence-corrected chi connectivity index (χ0v) is 8.71. The molecule has 0 saturated heterocycles. The number of hydrogen-bond acceptors (Lipinski definition) is 3. The maximum atomic E-state index is 11.4. The predicted molar refractivity (Wildman–Crippen MR) is 58.6 cm³/mol. The average Bonchev–Trinajstić information content (AvgIpc) is 2.80. The Labute approximate surface area is 92.3 Å². The summed E-state index contributed by atoms with van der Waals surface area (Å²) < 4.78 is 1.58. The molecule has 1 amide bonds. The van der Waals surface area contributed by atoms with Gasteiger partial charge in [-0.1, -0.05) is 0 Å². The fourth-order valence-electron chi connectivity index (χ4n) is 1.42. The number of carbonyl (C=O) groups excluding carboxylic acids is 1. The number of carbonyl (C=O) groups is 1. The Bertz CT molecular complexity index is 506. The molecule has 5 heteroatoms. The molecule has 1 heterocycles. The summed E-state index contributed by atoms with van der Waals surface area (Å²) in [6, 6.07) is 6.38. The summed E-state index contributed by atoms with van der Waals surface area (Å²) in [4.78, 5) is 11.4. The van der Waals surface area contributed by atoms with Gasteiger partial charge in [-0.3, -0.25) is 4.79 Å². The van der Waals surface area contributed by atoms with Gasteiger partial charge in [-0.2, -0.15) is 5.10 Å². The van der Waals surface area contributed by atoms with E-state index in [4.69, 9.17) is 0 Å². The first-order valence-corrected chi connectivity index (χ1v) is 4.77. The van der Waals surface area contributed by atoms with E-state index in [2.05, 4.69) is 10.4 Å². The van der Waals surface area contributed by atoms with Gasteiger partial charge in [-0.25, -0.2) is 4.68 Å². The van der Waals surface area contributed by atoms with Crippen LogP contribution < -0.4 is 5.32 Å². The summed E-state index contributed by atoms with van der Waals surface area (Å²) in [5.41, 5.74) is 1.04. The van der Waals surface area contributed by atoms with Gasteiger partial charge in [0.1, 0.15) is 5.75 Å². The first-order valence-electron chi connectivity index (χ1n) is 4.77. The van der Waals surface area contributed by atoms with E-state index in [1.165, 1.54) is 6.07 Å². The van der Waals surface area contributed by atoms with Crippen molar-refractivity contribution in [2.75, 3.05) is 7.05 Å². The van der Waals surface area contributed by atoms with Crippen molar-refractivity contribution in [2.45, 2.75) is 0 Å². The Morgan fingerprint density at radius 2 is 2.25 bits per heavy atom. The van der Waals surface area contributed by atoms with E-state index in [0.717, 1.165) is 0 Å². The molecule has 1 aromatic carbocycles. The second kappa shape index (κ2) is 4.06. The van der Waals surface area contributed by atoms with Crippen LogP contribution in [-0.2, 0) is 0 Å². The van der Waals surface area contributed by atoms with Crippen LogP contribution in [0.2, 0.25) is 0 Å². The molecule has 0 atom stereocenters. The lowest BCUT2D eigenvalue weighted by molar-refractivity contribution is 0.0962. The molecular weight excluding hydrogens is 206 g/mol. The molecule has 0 radical (unpaired) electrons. The fraction of sp³-hybridized carbons (Fsp3) is 0.0909. The van der Waals surface area contributed by atoms with E-state index in [-0.39, 0.29) is 11.7 Å². The molecule has 0 unspecified atom stereocenters. The van der Waals surface area contributed by atoms with E-state index in [1.54, 1.807) is 42.3 Å². The van der Waals surface area contributed by atoms with Gasteiger partial charge in [0.15, 0.2) is 0 Å². The normalized spacial score (nSPS) is 10.1. The molecule has 0 aliphatic heterocycles. The first-order chi connectivity index (χ1) is 7.70. The summed E-state index contributed by atoms with van der Waals surface area (Å²) in [7, 11) is 1.54. The minimum Gasteiger partial charge on any atom is -0.508 e. The molecule has 2 aromatic rings. The third kappa shape index (κ3) is 1.88. The van der Waals surface area contributed by atoms with Crippen LogP contribution in [0.25, 0.3) is 5.69 Å². The van der Waals surface area contributed by atoms with Gasteiger partial charge in [0.05, 0.1) is 5.69 Å². The van der Waals surface area contributed by atoms with Crippen molar-refractivity contribution in [1.82, 2.24) is 15.1 Å². The van der Waals surface area contributed by atoms with Crippen LogP contribution >= 0.6 is 0 Å². The van der Waals surface area contributed by atoms with Crippen LogP contribution in [0, 0.1) is 0 Å². The molecule has 0 aliphatic rings. The summed E-state index contributed by atoms with van der Waals surface area (Å²) >= 11 is 0. The molecule has 0 saturated carbocycles. The Balaban J connectivity index is 2.48. The van der Waals surface area contributed by atoms with Crippen molar-refractivity contribution in [1.29, 1.82) is 0 Å². The second-order valence-corrected chi connectivity index (χ2v) is 3.27. The van der Waals surface area contributed by atoms with Crippen molar-refractivity contribution in [3.8, 4) is 11.4 Å². The third-order valence-electron chi connectivity index (χ3n) is 2.16. The molecule has 1 aromatic heterocycles. The summed E-state index contributed by atoms with van der Waals surface area (Å²) in [5.74, 6) is -0.212. The molecule has 0 aliphatic carbocycles. The Hall–Kier alpha value is -2.30. The molecular formula is C11H11N3O2. The number of nitrogens with zero attached hydrogens (tertiary/aromatic N) is 2. The third-order valence-corrected chi connectivity index (χ3v) is 2.16. The molecule has 82 valence electrons. The Kier molecular flexibility index (Phi) is 2.59. The predicted octanol–water partition coefficient (Wildman–Crippen LogP) is 0.937. The summed E-state index contributed by atoms with van der Waals surface area (Å²) in [5, 5.41) is 16.0. The fourth-order valence-corrected chi connectivity index (χ4v) is 1.42. The van der Waals surface area contributed by atoms with Gasteiger partial charge in [-0.15, -0.1) is 0 Å². The van der Waals surface area contributed by atoms with Gasteiger partial charge in [0, 0.05) is 31.1 Å². The van der Waals surface area contributed by atoms with Crippen LogP contribution in [0.15, 0.2) is 36.7 Å². The number of nitrogens with one attached hydrogen (secondary N) is 1. The van der Waals surface area contributed by atoms with E-state index in [9.17, 15) is 9.90 Å². The second-order valence-electron chi connectivity index (χ2n) is 3.27. The number of hydrogen-bond donors (Lipinski definition) is 2. The molecule has 16 heavy (non-hydrogen) atoms. The number of amides is 1. The minimum absolute atomic E-state index is 0.0339. The Morgan fingerprint density at radius 1 is 1.44 bits per heavy atom. The molecule has 2 rings (SSSR count). The number of phenolic OH excluding ortho intramolecular Hbond substituents is 1. The Morgan fingerprint density at radius 3 is 2.88 bits per heavy atom. The first kappa shape index (κ1) is 10.2. The molecule has 5 nitrogen and oxygen atoms in total. The number of benzene rings is 1. The molecule has 0 bridgehead atoms. The maximum Gasteiger partial charge on any atom is 0.251 e. The molecule has 0 spiro atoms. The van der Waals surface area contributed by atoms with Crippen molar-refractivity contribution >= 4 is 5.91 Å². The summed E-state index contributed by atoms with van der Waals surface area (Å²) in [6.45, 7) is 0. The number of phenols is 1. The van der Waals surface area contributed by atoms with Crippen LogP contribution in [-0.4, -0.2) is 27.8 Å². The number of aromatic hydroxyl groups is 1. The van der Waals surface area contributed by atoms with Crippen molar-refractivity contribution in [3.63, 3.8) is 0 Å². The van der Waals surface area contributed by atoms with Crippen molar-refractivity contribution in [3.05, 3.63) is 42.2 Å². The average molecular weight is 217 g/mol. The zero-order valence-electron chi connectivity index (χ0n) is 8.71. The highest BCUT2D eigenvalue weighted by Crippen LogP contribution is 2.18. The van der Waals surface area contributed by atoms with Crippen LogP contribution in [0.5, 0.6) is 5.75 Å². The van der Waals surface area contributed by atoms with E-state index >= 15 is 0 Å². The standard InChI is InChI=1S/C11H11N3O2/c1-12-11(16)8-5-9(7-10(15)6-8)14-4-2-3-13-14/h2-7,15H,1H3,(H,12,16). The minimum atomic E-state index is -0.246. The van der Waals surface area contributed by atoms with Gasteiger partial charge >= 0.3 is 0 Å². The quantitative estimate of drug-likeness (QED) is 0.786. The zero-order chi connectivity index (χ0) is 11.5. The monoisotopic (exact) mass is 217 g/mol. The lowest BCUT2D eigenvalue weighted by atomic mass is 10.1. The van der Waals surface area contributed by atoms with Crippen LogP contribution in [0.4, 0.5) is 0 Å². The smallest absolute Gasteiger partial charge is 0.251 e. The van der Waals surface area contributed by atoms with E-state index in [1.807, 2.05) is 0 Å². The maximum absolute atomic E-state index is 11.4. The van der Waals surface area contributed by atoms with E-state index < -0.39 is 0 Å². The van der Waals surface area contributed by atoms with Crippen molar-refractivity contribution in [2.24, 2.45) is 0 Å². The number of aromatic nitrogens is 2. The van der Waals surface area contributed by atoms with E-state index in [0.29, 0.717) is 11.3 Å². The van der Waals surface area contributed by atoms with Gasteiger partial charge < -0.3 is 10.4 Å². The SMILES string of the molecule is CNC(=O)c1cc(O)cc(-n2cccn2)c1. The van der Waals surface area contributed by atoms with Gasteiger partial charge in [0.25, 0.3) is 5.91 Å². The van der Waals surface area contributed by atoms with Gasteiger partial charge in [0.2, 0.25) is 0 Å². The lowest BCUT2D eigenvalue weighted by Crippen LogP contribution is -2.17. The highest BCUT2D eigenvalue weighted by molar-refractivity contribution is 5.95. The highest BCUT2D eigenvalue weighted by Gasteiger charge is 2.07. The lowest BCUT2D eigenvalue weighted by Gasteiger charge is -2.05. The topological polar surface area (TPSA) is 67.2 Å². The highest BCUT2D eigenvalue weighted by atomic mass is 16.3. The van der Waals surface area contributed by atoms with Gasteiger partial charge in [-0.05, 0) is 18.2 Å². The number of rotatable bonds is 2. The molecule has 2 N–H and O–H groups in total. The summed E-state index contributed by atoms with van der Waals surface area (Å²) in [6.07, 6.45) is 3.37. The largest absolute Gasteiger partial charge is 0.508 e. The van der Waals surface area contributed by atoms with Crippen LogP contribution in [0.3, 0.4) is 0 Å². The molecule has 0 fully saturated rings. The van der Waals surface area contributed by atoms with Crippen LogP contribution in [0.1, 0.15) is 10.4 Å².